The quantitative estimate of drug-likeness (QED) is 0.616. The lowest BCUT2D eigenvalue weighted by Gasteiger charge is -2.35. The van der Waals surface area contributed by atoms with Gasteiger partial charge in [0.15, 0.2) is 0 Å². The van der Waals surface area contributed by atoms with Crippen LogP contribution in [0.2, 0.25) is 0 Å². The van der Waals surface area contributed by atoms with Gasteiger partial charge in [-0.3, -0.25) is 14.9 Å². The van der Waals surface area contributed by atoms with Crippen molar-refractivity contribution < 1.29 is 9.72 Å². The first-order chi connectivity index (χ1) is 12.5. The van der Waals surface area contributed by atoms with E-state index in [9.17, 15) is 14.9 Å². The Kier molecular flexibility index (Phi) is 5.01. The van der Waals surface area contributed by atoms with Crippen molar-refractivity contribution in [1.82, 2.24) is 9.88 Å². The maximum Gasteiger partial charge on any atom is 0.293 e. The van der Waals surface area contributed by atoms with Gasteiger partial charge in [-0.1, -0.05) is 6.07 Å². The highest BCUT2D eigenvalue weighted by Gasteiger charge is 2.25. The first-order valence-electron chi connectivity index (χ1n) is 8.38. The summed E-state index contributed by atoms with van der Waals surface area (Å²) < 4.78 is 0. The van der Waals surface area contributed by atoms with Crippen molar-refractivity contribution in [3.05, 3.63) is 58.3 Å². The molecule has 2 heterocycles. The summed E-state index contributed by atoms with van der Waals surface area (Å²) in [6, 6.07) is 10.4. The van der Waals surface area contributed by atoms with Gasteiger partial charge >= 0.3 is 0 Å². The zero-order valence-electron chi connectivity index (χ0n) is 14.8. The van der Waals surface area contributed by atoms with Crippen molar-refractivity contribution in [3.63, 3.8) is 0 Å². The van der Waals surface area contributed by atoms with Gasteiger partial charge < -0.3 is 14.7 Å². The molecule has 1 aliphatic heterocycles. The Hall–Kier alpha value is -3.16. The van der Waals surface area contributed by atoms with Crippen molar-refractivity contribution in [1.29, 1.82) is 0 Å². The second-order valence-electron chi connectivity index (χ2n) is 6.32. The molecule has 1 aliphatic rings. The average Bonchev–Trinajstić information content (AvgIpc) is 2.67. The van der Waals surface area contributed by atoms with Crippen molar-refractivity contribution in [3.8, 4) is 0 Å². The lowest BCUT2D eigenvalue weighted by molar-refractivity contribution is -0.384. The first kappa shape index (κ1) is 17.7. The van der Waals surface area contributed by atoms with Gasteiger partial charge in [0.25, 0.3) is 11.6 Å². The van der Waals surface area contributed by atoms with E-state index in [1.54, 1.807) is 42.2 Å². The summed E-state index contributed by atoms with van der Waals surface area (Å²) in [5, 5.41) is 11.3. The number of nitrogens with zero attached hydrogens (tertiary/aromatic N) is 5. The number of anilines is 2. The van der Waals surface area contributed by atoms with Gasteiger partial charge in [0.2, 0.25) is 0 Å². The highest BCUT2D eigenvalue weighted by Crippen LogP contribution is 2.28. The molecule has 136 valence electrons. The molecule has 3 rings (SSSR count). The lowest BCUT2D eigenvalue weighted by Crippen LogP contribution is -2.49. The normalized spacial score (nSPS) is 14.2. The molecule has 0 atom stereocenters. The minimum atomic E-state index is -0.453. The fourth-order valence-electron chi connectivity index (χ4n) is 3.04. The Morgan fingerprint density at radius 1 is 1.15 bits per heavy atom. The number of nitro benzene ring substituents is 1. The van der Waals surface area contributed by atoms with Crippen LogP contribution in [0, 0.1) is 10.1 Å². The van der Waals surface area contributed by atoms with E-state index in [4.69, 9.17) is 0 Å². The predicted octanol–water partition coefficient (Wildman–Crippen LogP) is 2.02. The third-order valence-corrected chi connectivity index (χ3v) is 4.44. The maximum absolute atomic E-state index is 12.8. The molecule has 26 heavy (non-hydrogen) atoms. The average molecular weight is 355 g/mol. The topological polar surface area (TPSA) is 82.8 Å². The fraction of sp³-hybridized carbons (Fsp3) is 0.333. The van der Waals surface area contributed by atoms with Gasteiger partial charge in [0, 0.05) is 58.1 Å². The molecule has 1 aromatic heterocycles. The molecule has 0 saturated carbocycles. The minimum absolute atomic E-state index is 0.0621. The number of hydrogen-bond donors (Lipinski definition) is 0. The van der Waals surface area contributed by atoms with Crippen LogP contribution in [0.15, 0.2) is 42.6 Å². The Balaban J connectivity index is 1.72. The van der Waals surface area contributed by atoms with Crippen LogP contribution in [0.4, 0.5) is 17.2 Å². The molecule has 8 heteroatoms. The largest absolute Gasteiger partial charge is 0.372 e. The van der Waals surface area contributed by atoms with Gasteiger partial charge in [-0.25, -0.2) is 4.98 Å². The second kappa shape index (κ2) is 7.38. The molecule has 0 radical (unpaired) electrons. The highest BCUT2D eigenvalue weighted by atomic mass is 16.6. The van der Waals surface area contributed by atoms with Crippen molar-refractivity contribution in [2.45, 2.75) is 0 Å². The highest BCUT2D eigenvalue weighted by molar-refractivity contribution is 5.96. The van der Waals surface area contributed by atoms with Crippen LogP contribution >= 0.6 is 0 Å². The molecule has 1 amide bonds. The minimum Gasteiger partial charge on any atom is -0.372 e. The number of aromatic nitrogens is 1. The number of rotatable bonds is 4. The second-order valence-corrected chi connectivity index (χ2v) is 6.32. The van der Waals surface area contributed by atoms with E-state index >= 15 is 0 Å². The molecule has 0 N–H and O–H groups in total. The van der Waals surface area contributed by atoms with Gasteiger partial charge in [-0.05, 0) is 24.3 Å². The summed E-state index contributed by atoms with van der Waals surface area (Å²) in [5.41, 5.74) is 0.757. The van der Waals surface area contributed by atoms with E-state index in [1.165, 1.54) is 6.07 Å². The molecule has 0 bridgehead atoms. The summed E-state index contributed by atoms with van der Waals surface area (Å²) in [7, 11) is 3.47. The van der Waals surface area contributed by atoms with E-state index in [1.807, 2.05) is 18.2 Å². The zero-order chi connectivity index (χ0) is 18.7. The summed E-state index contributed by atoms with van der Waals surface area (Å²) in [4.78, 5) is 33.5. The van der Waals surface area contributed by atoms with Gasteiger partial charge in [-0.2, -0.15) is 0 Å². The van der Waals surface area contributed by atoms with E-state index in [-0.39, 0.29) is 11.6 Å². The molecule has 1 fully saturated rings. The van der Waals surface area contributed by atoms with Crippen molar-refractivity contribution in [2.75, 3.05) is 50.1 Å². The van der Waals surface area contributed by atoms with Crippen LogP contribution in [-0.2, 0) is 0 Å². The molecule has 0 spiro atoms. The first-order valence-corrected chi connectivity index (χ1v) is 8.38. The Bertz CT molecular complexity index is 802. The van der Waals surface area contributed by atoms with Crippen molar-refractivity contribution in [2.24, 2.45) is 0 Å². The SMILES string of the molecule is CN(C)c1ccc(C(=O)N2CCN(c3ccccn3)CC2)cc1[N+](=O)[O-]. The van der Waals surface area contributed by atoms with Gasteiger partial charge in [0.1, 0.15) is 11.5 Å². The summed E-state index contributed by atoms with van der Waals surface area (Å²) >= 11 is 0. The van der Waals surface area contributed by atoms with Gasteiger partial charge in [-0.15, -0.1) is 0 Å². The smallest absolute Gasteiger partial charge is 0.293 e. The Morgan fingerprint density at radius 3 is 2.46 bits per heavy atom. The van der Waals surface area contributed by atoms with Crippen LogP contribution in [0.1, 0.15) is 10.4 Å². The van der Waals surface area contributed by atoms with Crippen LogP contribution in [0.3, 0.4) is 0 Å². The molecule has 0 unspecified atom stereocenters. The summed E-state index contributed by atoms with van der Waals surface area (Å²) in [6.07, 6.45) is 1.75. The molecule has 1 aromatic carbocycles. The van der Waals surface area contributed by atoms with E-state index < -0.39 is 4.92 Å². The molecule has 1 saturated heterocycles. The summed E-state index contributed by atoms with van der Waals surface area (Å²) in [5.74, 6) is 0.713. The van der Waals surface area contributed by atoms with Crippen LogP contribution < -0.4 is 9.80 Å². The number of piperazine rings is 1. The number of carbonyl (C=O) groups is 1. The maximum atomic E-state index is 12.8. The number of amides is 1. The number of nitro groups is 1. The predicted molar refractivity (Wildman–Crippen MR) is 99.8 cm³/mol. The van der Waals surface area contributed by atoms with Crippen molar-refractivity contribution >= 4 is 23.1 Å². The van der Waals surface area contributed by atoms with Gasteiger partial charge in [0.05, 0.1) is 4.92 Å². The monoisotopic (exact) mass is 355 g/mol. The molecule has 8 nitrogen and oxygen atoms in total. The van der Waals surface area contributed by atoms with Crippen LogP contribution in [-0.4, -0.2) is 61.0 Å². The number of carbonyl (C=O) groups excluding carboxylic acids is 1. The van der Waals surface area contributed by atoms with E-state index in [2.05, 4.69) is 9.88 Å². The molecule has 2 aromatic rings. The third kappa shape index (κ3) is 3.58. The Labute approximate surface area is 151 Å². The van der Waals surface area contributed by atoms with Crippen LogP contribution in [0.25, 0.3) is 0 Å². The van der Waals surface area contributed by atoms with E-state index in [0.29, 0.717) is 37.4 Å². The number of hydrogen-bond acceptors (Lipinski definition) is 6. The van der Waals surface area contributed by atoms with E-state index in [0.717, 1.165) is 5.82 Å². The summed E-state index contributed by atoms with van der Waals surface area (Å²) in [6.45, 7) is 2.47. The van der Waals surface area contributed by atoms with Crippen LogP contribution in [0.5, 0.6) is 0 Å². The Morgan fingerprint density at radius 2 is 1.88 bits per heavy atom. The molecular weight excluding hydrogens is 334 g/mol. The number of pyridine rings is 1. The molecular formula is C18H21N5O3. The standard InChI is InChI=1S/C18H21N5O3/c1-20(2)15-7-6-14(13-16(15)23(25)26)18(24)22-11-9-21(10-12-22)17-5-3-4-8-19-17/h3-8,13H,9-12H2,1-2H3. The number of benzene rings is 1. The lowest BCUT2D eigenvalue weighted by atomic mass is 10.1. The zero-order valence-corrected chi connectivity index (χ0v) is 14.8. The third-order valence-electron chi connectivity index (χ3n) is 4.44. The fourth-order valence-corrected chi connectivity index (χ4v) is 3.04. The molecule has 0 aliphatic carbocycles.